The summed E-state index contributed by atoms with van der Waals surface area (Å²) >= 11 is 11.9. The molecule has 0 aliphatic rings. The number of nitriles is 1. The van der Waals surface area contributed by atoms with Gasteiger partial charge >= 0.3 is 0 Å². The molecular weight excluding hydrogens is 235 g/mol. The first-order valence-corrected chi connectivity index (χ1v) is 4.79. The van der Waals surface area contributed by atoms with Crippen LogP contribution in [0.15, 0.2) is 28.8 Å². The van der Waals surface area contributed by atoms with Crippen LogP contribution in [-0.2, 0) is 0 Å². The standard InChI is InChI=1S/C10H4Cl2N2O/c11-7-2-1-3-8(12)10(7)9-4-6(5-13)15-14-9/h1-4H. The van der Waals surface area contributed by atoms with Crippen molar-refractivity contribution in [3.63, 3.8) is 0 Å². The van der Waals surface area contributed by atoms with Crippen molar-refractivity contribution in [2.24, 2.45) is 0 Å². The van der Waals surface area contributed by atoms with Gasteiger partial charge in [0.05, 0.1) is 10.0 Å². The van der Waals surface area contributed by atoms with Crippen molar-refractivity contribution in [1.29, 1.82) is 5.26 Å². The Bertz CT molecular complexity index is 522. The molecule has 0 N–H and O–H groups in total. The first kappa shape index (κ1) is 10.0. The fourth-order valence-corrected chi connectivity index (χ4v) is 1.78. The third-order valence-corrected chi connectivity index (χ3v) is 2.47. The average molecular weight is 239 g/mol. The van der Waals surface area contributed by atoms with Gasteiger partial charge in [0.25, 0.3) is 0 Å². The van der Waals surface area contributed by atoms with E-state index >= 15 is 0 Å². The third kappa shape index (κ3) is 1.82. The molecule has 0 unspecified atom stereocenters. The molecule has 1 aromatic carbocycles. The van der Waals surface area contributed by atoms with E-state index in [1.165, 1.54) is 6.07 Å². The van der Waals surface area contributed by atoms with Gasteiger partial charge in [-0.25, -0.2) is 0 Å². The minimum absolute atomic E-state index is 0.126. The largest absolute Gasteiger partial charge is 0.345 e. The van der Waals surface area contributed by atoms with Crippen molar-refractivity contribution in [3.05, 3.63) is 40.1 Å². The van der Waals surface area contributed by atoms with Gasteiger partial charge in [0.2, 0.25) is 5.76 Å². The highest BCUT2D eigenvalue weighted by atomic mass is 35.5. The molecule has 3 nitrogen and oxygen atoms in total. The number of rotatable bonds is 1. The molecule has 0 atom stereocenters. The van der Waals surface area contributed by atoms with E-state index in [1.54, 1.807) is 18.2 Å². The molecule has 0 fully saturated rings. The fourth-order valence-electron chi connectivity index (χ4n) is 1.19. The van der Waals surface area contributed by atoms with Gasteiger partial charge in [-0.2, -0.15) is 5.26 Å². The van der Waals surface area contributed by atoms with Crippen molar-refractivity contribution in [3.8, 4) is 17.3 Å². The summed E-state index contributed by atoms with van der Waals surface area (Å²) in [5, 5.41) is 13.2. The van der Waals surface area contributed by atoms with Crippen molar-refractivity contribution in [2.45, 2.75) is 0 Å². The summed E-state index contributed by atoms with van der Waals surface area (Å²) in [5.74, 6) is 0.126. The van der Waals surface area contributed by atoms with Crippen LogP contribution in [0.4, 0.5) is 0 Å². The quantitative estimate of drug-likeness (QED) is 0.764. The lowest BCUT2D eigenvalue weighted by atomic mass is 10.1. The number of hydrogen-bond acceptors (Lipinski definition) is 3. The van der Waals surface area contributed by atoms with E-state index in [2.05, 4.69) is 5.16 Å². The maximum Gasteiger partial charge on any atom is 0.236 e. The van der Waals surface area contributed by atoms with Crippen LogP contribution in [-0.4, -0.2) is 5.16 Å². The minimum Gasteiger partial charge on any atom is -0.345 e. The van der Waals surface area contributed by atoms with E-state index < -0.39 is 0 Å². The molecule has 15 heavy (non-hydrogen) atoms. The highest BCUT2D eigenvalue weighted by Gasteiger charge is 2.12. The zero-order chi connectivity index (χ0) is 10.8. The highest BCUT2D eigenvalue weighted by Crippen LogP contribution is 2.33. The molecule has 2 aromatic rings. The molecular formula is C10H4Cl2N2O. The summed E-state index contributed by atoms with van der Waals surface area (Å²) < 4.78 is 4.75. The van der Waals surface area contributed by atoms with Crippen molar-refractivity contribution in [2.75, 3.05) is 0 Å². The Morgan fingerprint density at radius 2 is 1.93 bits per heavy atom. The van der Waals surface area contributed by atoms with Crippen molar-refractivity contribution < 1.29 is 4.52 Å². The monoisotopic (exact) mass is 238 g/mol. The van der Waals surface area contributed by atoms with E-state index in [9.17, 15) is 0 Å². The van der Waals surface area contributed by atoms with Gasteiger partial charge in [0, 0.05) is 11.6 Å². The number of aromatic nitrogens is 1. The second-order valence-electron chi connectivity index (χ2n) is 2.78. The maximum absolute atomic E-state index is 8.59. The van der Waals surface area contributed by atoms with Crippen molar-refractivity contribution >= 4 is 23.2 Å². The SMILES string of the molecule is N#Cc1cc(-c2c(Cl)cccc2Cl)no1. The van der Waals surface area contributed by atoms with Gasteiger partial charge in [-0.1, -0.05) is 34.4 Å². The number of nitrogens with zero attached hydrogens (tertiary/aromatic N) is 2. The summed E-state index contributed by atoms with van der Waals surface area (Å²) in [4.78, 5) is 0. The molecule has 0 aliphatic carbocycles. The number of benzene rings is 1. The summed E-state index contributed by atoms with van der Waals surface area (Å²) in [5.41, 5.74) is 1.04. The molecule has 74 valence electrons. The Kier molecular flexibility index (Phi) is 2.63. The van der Waals surface area contributed by atoms with Gasteiger partial charge < -0.3 is 4.52 Å². The second-order valence-corrected chi connectivity index (χ2v) is 3.60. The predicted molar refractivity (Wildman–Crippen MR) is 56.7 cm³/mol. The molecule has 0 amide bonds. The lowest BCUT2D eigenvalue weighted by Gasteiger charge is -2.01. The first-order chi connectivity index (χ1) is 7.22. The van der Waals surface area contributed by atoms with Crippen LogP contribution < -0.4 is 0 Å². The van der Waals surface area contributed by atoms with Gasteiger partial charge in [-0.3, -0.25) is 0 Å². The Hall–Kier alpha value is -1.50. The van der Waals surface area contributed by atoms with Crippen LogP contribution in [0.2, 0.25) is 10.0 Å². The van der Waals surface area contributed by atoms with Gasteiger partial charge in [-0.05, 0) is 12.1 Å². The van der Waals surface area contributed by atoms with Crippen LogP contribution in [0.5, 0.6) is 0 Å². The van der Waals surface area contributed by atoms with Crippen LogP contribution in [0.1, 0.15) is 5.76 Å². The molecule has 2 rings (SSSR count). The smallest absolute Gasteiger partial charge is 0.236 e. The molecule has 0 saturated carbocycles. The predicted octanol–water partition coefficient (Wildman–Crippen LogP) is 3.52. The Morgan fingerprint density at radius 1 is 1.27 bits per heavy atom. The first-order valence-electron chi connectivity index (χ1n) is 4.03. The normalized spacial score (nSPS) is 9.93. The molecule has 0 spiro atoms. The van der Waals surface area contributed by atoms with Gasteiger partial charge in [0.15, 0.2) is 0 Å². The Balaban J connectivity index is 2.59. The van der Waals surface area contributed by atoms with E-state index in [0.717, 1.165) is 0 Å². The van der Waals surface area contributed by atoms with Crippen LogP contribution in [0, 0.1) is 11.3 Å². The molecule has 0 bridgehead atoms. The van der Waals surface area contributed by atoms with Crippen LogP contribution in [0.25, 0.3) is 11.3 Å². The second kappa shape index (κ2) is 3.93. The Labute approximate surface area is 95.8 Å². The minimum atomic E-state index is 0.126. The molecule has 5 heteroatoms. The molecule has 0 aliphatic heterocycles. The van der Waals surface area contributed by atoms with E-state index in [0.29, 0.717) is 21.3 Å². The number of halogens is 2. The fraction of sp³-hybridized carbons (Fsp3) is 0. The maximum atomic E-state index is 8.59. The lowest BCUT2D eigenvalue weighted by molar-refractivity contribution is 0.412. The summed E-state index contributed by atoms with van der Waals surface area (Å²) in [6.07, 6.45) is 0. The zero-order valence-corrected chi connectivity index (χ0v) is 8.88. The van der Waals surface area contributed by atoms with Gasteiger partial charge in [-0.15, -0.1) is 0 Å². The zero-order valence-electron chi connectivity index (χ0n) is 7.37. The summed E-state index contributed by atoms with van der Waals surface area (Å²) in [7, 11) is 0. The molecule has 1 heterocycles. The van der Waals surface area contributed by atoms with Crippen LogP contribution in [0.3, 0.4) is 0 Å². The van der Waals surface area contributed by atoms with Crippen molar-refractivity contribution in [1.82, 2.24) is 5.16 Å². The van der Waals surface area contributed by atoms with Gasteiger partial charge in [0.1, 0.15) is 11.8 Å². The lowest BCUT2D eigenvalue weighted by Crippen LogP contribution is -1.80. The summed E-state index contributed by atoms with van der Waals surface area (Å²) in [6.45, 7) is 0. The molecule has 1 aromatic heterocycles. The van der Waals surface area contributed by atoms with E-state index in [4.69, 9.17) is 33.0 Å². The molecule has 0 saturated heterocycles. The average Bonchev–Trinajstić information content (AvgIpc) is 2.66. The summed E-state index contributed by atoms with van der Waals surface area (Å²) in [6, 6.07) is 8.47. The van der Waals surface area contributed by atoms with E-state index in [-0.39, 0.29) is 5.76 Å². The topological polar surface area (TPSA) is 49.8 Å². The van der Waals surface area contributed by atoms with Crippen LogP contribution >= 0.6 is 23.2 Å². The Morgan fingerprint density at radius 3 is 2.47 bits per heavy atom. The number of hydrogen-bond donors (Lipinski definition) is 0. The van der Waals surface area contributed by atoms with E-state index in [1.807, 2.05) is 6.07 Å². The molecule has 0 radical (unpaired) electrons. The third-order valence-electron chi connectivity index (χ3n) is 1.84. The highest BCUT2D eigenvalue weighted by molar-refractivity contribution is 6.39.